The molecule has 2 aromatic carbocycles. The maximum absolute atomic E-state index is 13.5. The maximum Gasteiger partial charge on any atom is 0.490 e. The molecule has 0 unspecified atom stereocenters. The molecule has 2 aliphatic heterocycles. The zero-order valence-electron chi connectivity index (χ0n) is 31.6. The summed E-state index contributed by atoms with van der Waals surface area (Å²) in [7, 11) is 0. The summed E-state index contributed by atoms with van der Waals surface area (Å²) < 4.78 is 47.0. The third-order valence-corrected chi connectivity index (χ3v) is 11.2. The first-order valence-electron chi connectivity index (χ1n) is 19.2. The number of aliphatic hydroxyl groups is 1. The molecule has 57 heavy (non-hydrogen) atoms. The van der Waals surface area contributed by atoms with E-state index in [1.807, 2.05) is 65.6 Å². The Hall–Kier alpha value is -5.49. The van der Waals surface area contributed by atoms with E-state index in [1.54, 1.807) is 6.92 Å². The number of fused-ring (bicyclic) bond motifs is 1. The van der Waals surface area contributed by atoms with Crippen LogP contribution in [0.15, 0.2) is 67.0 Å². The van der Waals surface area contributed by atoms with E-state index in [0.29, 0.717) is 38.4 Å². The summed E-state index contributed by atoms with van der Waals surface area (Å²) in [5, 5.41) is 26.7. The molecular formula is C39H47F3N10O5. The number of rotatable bonds is 12. The number of carbonyl (C=O) groups is 3. The summed E-state index contributed by atoms with van der Waals surface area (Å²) in [6.07, 6.45) is -5.90. The van der Waals surface area contributed by atoms with Crippen LogP contribution in [0.2, 0.25) is 0 Å². The summed E-state index contributed by atoms with van der Waals surface area (Å²) in [5.41, 5.74) is 2.00. The number of aromatic nitrogens is 4. The van der Waals surface area contributed by atoms with Crippen LogP contribution in [0.4, 0.5) is 29.7 Å². The van der Waals surface area contributed by atoms with Crippen molar-refractivity contribution in [3.63, 3.8) is 0 Å². The zero-order chi connectivity index (χ0) is 40.3. The Morgan fingerprint density at radius 1 is 0.965 bits per heavy atom. The molecule has 304 valence electrons. The van der Waals surface area contributed by atoms with Crippen LogP contribution in [0.25, 0.3) is 11.2 Å². The highest BCUT2D eigenvalue weighted by Crippen LogP contribution is 2.39. The van der Waals surface area contributed by atoms with Crippen molar-refractivity contribution in [2.24, 2.45) is 0 Å². The number of esters is 1. The first-order chi connectivity index (χ1) is 27.3. The van der Waals surface area contributed by atoms with Crippen LogP contribution in [-0.2, 0) is 19.7 Å². The van der Waals surface area contributed by atoms with Gasteiger partial charge in [0.25, 0.3) is 0 Å². The number of aliphatic hydroxyl groups excluding tert-OH is 1. The largest absolute Gasteiger partial charge is 0.490 e. The Morgan fingerprint density at radius 2 is 1.65 bits per heavy atom. The van der Waals surface area contributed by atoms with Crippen LogP contribution >= 0.6 is 0 Å². The highest BCUT2D eigenvalue weighted by molar-refractivity contribution is 5.85. The number of anilines is 2. The summed E-state index contributed by atoms with van der Waals surface area (Å²) in [6, 6.07) is 17.4. The fraction of sp³-hybridized carbons (Fsp3) is 0.487. The molecule has 1 aliphatic carbocycles. The first-order valence-corrected chi connectivity index (χ1v) is 19.2. The average molecular weight is 793 g/mol. The molecule has 0 bridgehead atoms. The highest BCUT2D eigenvalue weighted by atomic mass is 19.4. The Kier molecular flexibility index (Phi) is 11.5. The lowest BCUT2D eigenvalue weighted by molar-refractivity contribution is -0.209. The third-order valence-electron chi connectivity index (χ3n) is 11.2. The molecule has 6 N–H and O–H groups in total. The van der Waals surface area contributed by atoms with Gasteiger partial charge in [-0.2, -0.15) is 23.1 Å². The first kappa shape index (κ1) is 39.7. The number of benzene rings is 2. The molecule has 3 amide bonds. The number of nitrogens with one attached hydrogen (secondary N) is 5. The monoisotopic (exact) mass is 792 g/mol. The Balaban J connectivity index is 1.25. The molecule has 3 aliphatic rings. The molecular weight excluding hydrogens is 745 g/mol. The lowest BCUT2D eigenvalue weighted by Gasteiger charge is -2.31. The molecule has 4 heterocycles. The van der Waals surface area contributed by atoms with Crippen molar-refractivity contribution in [2.45, 2.75) is 87.5 Å². The van der Waals surface area contributed by atoms with Crippen molar-refractivity contribution < 1.29 is 37.4 Å². The topological polar surface area (TPSA) is 188 Å². The number of amides is 3. The number of imidazole rings is 1. The Morgan fingerprint density at radius 3 is 2.28 bits per heavy atom. The van der Waals surface area contributed by atoms with E-state index in [0.717, 1.165) is 24.1 Å². The number of ether oxygens (including phenoxy) is 1. The number of halogens is 3. The van der Waals surface area contributed by atoms with Gasteiger partial charge in [0.1, 0.15) is 6.10 Å². The normalized spacial score (nSPS) is 23.7. The molecule has 2 aromatic heterocycles. The number of carbonyl (C=O) groups excluding carboxylic acids is 3. The summed E-state index contributed by atoms with van der Waals surface area (Å²) >= 11 is 0. The van der Waals surface area contributed by atoms with Crippen LogP contribution in [0, 0.1) is 0 Å². The van der Waals surface area contributed by atoms with E-state index >= 15 is 0 Å². The highest BCUT2D eigenvalue weighted by Gasteiger charge is 2.51. The van der Waals surface area contributed by atoms with Gasteiger partial charge < -0.3 is 45.9 Å². The maximum atomic E-state index is 13.5. The lowest BCUT2D eigenvalue weighted by atomic mass is 9.76. The standard InChI is InChI=1S/C39H47F3N10O5/c1-3-29(53)48-27-18-28(32(31(27)54)57-35(55)39(40,41)42)52-22-45-30-33(44-21-38(2,23-10-6-4-7-11-23)24-12-8-5-9-13-24)49-36(50-34(30)52)51-17-15-26(20-51)47-37(56)46-25-14-16-43-19-25/h4-13,22,25-28,31-32,43,54H,3,14-21H2,1-2H3,(H,48,53)(H,44,49,50)(H2,46,47,56)/t25-,26-,27+,28-,31-,32+/m1/s1. The van der Waals surface area contributed by atoms with Gasteiger partial charge >= 0.3 is 18.2 Å². The van der Waals surface area contributed by atoms with Crippen LogP contribution in [0.3, 0.4) is 0 Å². The molecule has 2 saturated heterocycles. The Bertz CT molecular complexity index is 2010. The minimum absolute atomic E-state index is 0.0443. The minimum atomic E-state index is -5.33. The van der Waals surface area contributed by atoms with Crippen molar-refractivity contribution in [1.82, 2.24) is 40.8 Å². The molecule has 0 radical (unpaired) electrons. The average Bonchev–Trinajstić information content (AvgIpc) is 4.03. The minimum Gasteiger partial charge on any atom is -0.451 e. The molecule has 1 saturated carbocycles. The second kappa shape index (κ2) is 16.5. The number of urea groups is 1. The van der Waals surface area contributed by atoms with E-state index in [1.165, 1.54) is 10.9 Å². The molecule has 4 aromatic rings. The quantitative estimate of drug-likeness (QED) is 0.116. The molecule has 18 heteroatoms. The van der Waals surface area contributed by atoms with Gasteiger partial charge in [-0.05, 0) is 43.9 Å². The Labute approximate surface area is 327 Å². The van der Waals surface area contributed by atoms with Gasteiger partial charge in [-0.3, -0.25) is 4.79 Å². The summed E-state index contributed by atoms with van der Waals surface area (Å²) in [5.74, 6) is -2.28. The smallest absolute Gasteiger partial charge is 0.451 e. The number of hydrogen-bond acceptors (Lipinski definition) is 11. The van der Waals surface area contributed by atoms with Gasteiger partial charge in [0.2, 0.25) is 11.9 Å². The predicted octanol–water partition coefficient (Wildman–Crippen LogP) is 3.16. The number of nitrogens with zero attached hydrogens (tertiary/aromatic N) is 5. The van der Waals surface area contributed by atoms with Gasteiger partial charge in [-0.15, -0.1) is 0 Å². The van der Waals surface area contributed by atoms with Crippen molar-refractivity contribution in [3.05, 3.63) is 78.1 Å². The van der Waals surface area contributed by atoms with Crippen LogP contribution in [0.1, 0.15) is 56.7 Å². The number of alkyl halides is 3. The third kappa shape index (κ3) is 8.61. The SMILES string of the molecule is CCC(=O)N[C@H]1C[C@@H](n2cnc3c(NCC(C)(c4ccccc4)c4ccccc4)nc(N4CC[C@@H](NC(=O)N[C@@H]5CCNC5)C4)nc32)[C@H](OC(=O)C(F)(F)F)[C@@H]1O. The van der Waals surface area contributed by atoms with Gasteiger partial charge in [0.15, 0.2) is 23.1 Å². The predicted molar refractivity (Wildman–Crippen MR) is 205 cm³/mol. The molecule has 15 nitrogen and oxygen atoms in total. The van der Waals surface area contributed by atoms with Crippen molar-refractivity contribution in [3.8, 4) is 0 Å². The summed E-state index contributed by atoms with van der Waals surface area (Å²) in [6.45, 7) is 6.46. The van der Waals surface area contributed by atoms with Gasteiger partial charge in [-0.25, -0.2) is 14.6 Å². The second-order valence-electron chi connectivity index (χ2n) is 15.0. The molecule has 3 fully saturated rings. The zero-order valence-corrected chi connectivity index (χ0v) is 31.6. The van der Waals surface area contributed by atoms with Crippen LogP contribution in [0.5, 0.6) is 0 Å². The van der Waals surface area contributed by atoms with Crippen molar-refractivity contribution >= 4 is 40.8 Å². The van der Waals surface area contributed by atoms with E-state index in [-0.39, 0.29) is 48.1 Å². The van der Waals surface area contributed by atoms with E-state index in [9.17, 15) is 32.7 Å². The molecule has 6 atom stereocenters. The second-order valence-corrected chi connectivity index (χ2v) is 15.0. The van der Waals surface area contributed by atoms with Gasteiger partial charge in [-0.1, -0.05) is 67.6 Å². The fourth-order valence-corrected chi connectivity index (χ4v) is 7.96. The van der Waals surface area contributed by atoms with E-state index in [4.69, 9.17) is 14.7 Å². The van der Waals surface area contributed by atoms with Crippen LogP contribution in [-0.4, -0.2) is 112 Å². The van der Waals surface area contributed by atoms with E-state index < -0.39 is 47.8 Å². The van der Waals surface area contributed by atoms with Gasteiger partial charge in [0, 0.05) is 50.1 Å². The van der Waals surface area contributed by atoms with Crippen molar-refractivity contribution in [1.29, 1.82) is 0 Å². The van der Waals surface area contributed by atoms with Crippen LogP contribution < -0.4 is 31.5 Å². The van der Waals surface area contributed by atoms with Gasteiger partial charge in [0.05, 0.1) is 18.4 Å². The van der Waals surface area contributed by atoms with Crippen molar-refractivity contribution in [2.75, 3.05) is 42.9 Å². The van der Waals surface area contributed by atoms with E-state index in [2.05, 4.69) is 38.5 Å². The summed E-state index contributed by atoms with van der Waals surface area (Å²) in [4.78, 5) is 53.7. The lowest BCUT2D eigenvalue weighted by Crippen LogP contribution is -2.47. The number of hydrogen-bond donors (Lipinski definition) is 6. The molecule has 7 rings (SSSR count). The fourth-order valence-electron chi connectivity index (χ4n) is 7.96. The molecule has 0 spiro atoms.